The molecule has 160 valence electrons. The van der Waals surface area contributed by atoms with Gasteiger partial charge in [-0.15, -0.1) is 11.3 Å². The van der Waals surface area contributed by atoms with Crippen molar-refractivity contribution >= 4 is 34.9 Å². The Morgan fingerprint density at radius 3 is 2.62 bits per heavy atom. The molecule has 10 nitrogen and oxygen atoms in total. The van der Waals surface area contributed by atoms with Gasteiger partial charge in [-0.25, -0.2) is 4.79 Å². The van der Waals surface area contributed by atoms with Crippen LogP contribution in [0.3, 0.4) is 0 Å². The van der Waals surface area contributed by atoms with E-state index in [-0.39, 0.29) is 40.9 Å². The van der Waals surface area contributed by atoms with E-state index in [0.717, 1.165) is 11.3 Å². The number of thiophene rings is 1. The van der Waals surface area contributed by atoms with Crippen molar-refractivity contribution in [3.63, 3.8) is 0 Å². The fourth-order valence-corrected chi connectivity index (χ4v) is 3.93. The molecule has 0 aromatic carbocycles. The normalized spacial score (nSPS) is 14.3. The van der Waals surface area contributed by atoms with Crippen LogP contribution >= 0.6 is 11.3 Å². The number of piperidine rings is 1. The number of rotatable bonds is 8. The summed E-state index contributed by atoms with van der Waals surface area (Å²) in [6.07, 6.45) is 1.77. The zero-order valence-electron chi connectivity index (χ0n) is 16.6. The summed E-state index contributed by atoms with van der Waals surface area (Å²) in [4.78, 5) is 48.5. The molecule has 0 saturated carbocycles. The number of carbonyl (C=O) groups excluding carboxylic acids is 3. The summed E-state index contributed by atoms with van der Waals surface area (Å²) in [5, 5.41) is 16.5. The van der Waals surface area contributed by atoms with Crippen LogP contribution in [-0.4, -0.2) is 60.0 Å². The molecule has 0 atom stereocenters. The molecule has 3 amide bonds. The molecule has 29 heavy (non-hydrogen) atoms. The van der Waals surface area contributed by atoms with E-state index >= 15 is 0 Å². The van der Waals surface area contributed by atoms with E-state index < -0.39 is 4.92 Å². The molecule has 1 saturated heterocycles. The Kier molecular flexibility index (Phi) is 8.37. The molecule has 0 aliphatic carbocycles. The van der Waals surface area contributed by atoms with Crippen LogP contribution < -0.4 is 10.6 Å². The number of aryl methyl sites for hydroxylation is 1. The van der Waals surface area contributed by atoms with Crippen LogP contribution in [0.15, 0.2) is 6.07 Å². The van der Waals surface area contributed by atoms with E-state index in [4.69, 9.17) is 4.74 Å². The van der Waals surface area contributed by atoms with Gasteiger partial charge in [0.25, 0.3) is 11.6 Å². The Hall–Kier alpha value is -2.69. The van der Waals surface area contributed by atoms with E-state index in [1.54, 1.807) is 18.7 Å². The van der Waals surface area contributed by atoms with Crippen molar-refractivity contribution in [2.24, 2.45) is 0 Å². The highest BCUT2D eigenvalue weighted by Crippen LogP contribution is 2.27. The van der Waals surface area contributed by atoms with Crippen molar-refractivity contribution in [3.8, 4) is 0 Å². The van der Waals surface area contributed by atoms with Crippen molar-refractivity contribution in [2.75, 3.05) is 26.2 Å². The lowest BCUT2D eigenvalue weighted by atomic mass is 10.1. The summed E-state index contributed by atoms with van der Waals surface area (Å²) >= 11 is 1.07. The van der Waals surface area contributed by atoms with Crippen LogP contribution in [0, 0.1) is 17.0 Å². The number of nitro groups is 1. The number of likely N-dealkylation sites (tertiary alicyclic amines) is 1. The summed E-state index contributed by atoms with van der Waals surface area (Å²) < 4.78 is 4.97. The Bertz CT molecular complexity index is 758. The van der Waals surface area contributed by atoms with Crippen LogP contribution in [0.4, 0.5) is 10.5 Å². The van der Waals surface area contributed by atoms with E-state index in [1.165, 1.54) is 6.07 Å². The second-order valence-electron chi connectivity index (χ2n) is 6.70. The number of nitrogens with one attached hydrogen (secondary N) is 2. The van der Waals surface area contributed by atoms with Gasteiger partial charge in [-0.05, 0) is 33.1 Å². The molecule has 1 aliphatic heterocycles. The molecule has 1 aromatic heterocycles. The van der Waals surface area contributed by atoms with Gasteiger partial charge in [0.15, 0.2) is 0 Å². The van der Waals surface area contributed by atoms with Crippen LogP contribution in [0.1, 0.15) is 47.2 Å². The maximum absolute atomic E-state index is 12.1. The highest BCUT2D eigenvalue weighted by atomic mass is 32.1. The van der Waals surface area contributed by atoms with Crippen molar-refractivity contribution in [1.29, 1.82) is 0 Å². The number of ether oxygens (including phenoxy) is 1. The Labute approximate surface area is 172 Å². The highest BCUT2D eigenvalue weighted by Gasteiger charge is 2.24. The van der Waals surface area contributed by atoms with E-state index in [1.807, 2.05) is 0 Å². The first kappa shape index (κ1) is 22.6. The maximum atomic E-state index is 12.1. The lowest BCUT2D eigenvalue weighted by Gasteiger charge is -2.31. The van der Waals surface area contributed by atoms with Crippen molar-refractivity contribution in [3.05, 3.63) is 25.9 Å². The molecule has 1 aromatic rings. The van der Waals surface area contributed by atoms with Crippen LogP contribution in [-0.2, 0) is 9.53 Å². The molecular formula is C18H26N4O6S. The molecule has 2 N–H and O–H groups in total. The average Bonchev–Trinajstić information content (AvgIpc) is 3.08. The molecule has 0 bridgehead atoms. The molecule has 11 heteroatoms. The maximum Gasteiger partial charge on any atom is 0.409 e. The van der Waals surface area contributed by atoms with Crippen LogP contribution in [0.25, 0.3) is 0 Å². The third-order valence-corrected chi connectivity index (χ3v) is 5.60. The first-order chi connectivity index (χ1) is 13.8. The quantitative estimate of drug-likeness (QED) is 0.372. The highest BCUT2D eigenvalue weighted by molar-refractivity contribution is 7.14. The SMILES string of the molecule is CCOC(=O)N1CCC(NC(=O)CCCNC(=O)c2cc([N+](=O)[O-])c(C)s2)CC1. The Balaban J connectivity index is 1.64. The minimum absolute atomic E-state index is 0.0254. The van der Waals surface area contributed by atoms with Crippen LogP contribution in [0.2, 0.25) is 0 Å². The molecule has 2 rings (SSSR count). The Morgan fingerprint density at radius 2 is 2.03 bits per heavy atom. The number of amides is 3. The zero-order chi connectivity index (χ0) is 21.4. The summed E-state index contributed by atoms with van der Waals surface area (Å²) in [6.45, 7) is 5.10. The second kappa shape index (κ2) is 10.7. The first-order valence-electron chi connectivity index (χ1n) is 9.55. The van der Waals surface area contributed by atoms with E-state index in [9.17, 15) is 24.5 Å². The first-order valence-corrected chi connectivity index (χ1v) is 10.4. The lowest BCUT2D eigenvalue weighted by Crippen LogP contribution is -2.46. The summed E-state index contributed by atoms with van der Waals surface area (Å²) in [5.41, 5.74) is -0.0615. The molecule has 0 spiro atoms. The molecule has 1 fully saturated rings. The summed E-state index contributed by atoms with van der Waals surface area (Å²) in [6, 6.07) is 1.29. The average molecular weight is 426 g/mol. The molecule has 2 heterocycles. The van der Waals surface area contributed by atoms with Crippen molar-refractivity contribution in [1.82, 2.24) is 15.5 Å². The van der Waals surface area contributed by atoms with Crippen LogP contribution in [0.5, 0.6) is 0 Å². The van der Waals surface area contributed by atoms with Gasteiger partial charge in [0.2, 0.25) is 5.91 Å². The third-order valence-electron chi connectivity index (χ3n) is 4.56. The summed E-state index contributed by atoms with van der Waals surface area (Å²) in [5.74, 6) is -0.477. The fraction of sp³-hybridized carbons (Fsp3) is 0.611. The minimum Gasteiger partial charge on any atom is -0.450 e. The standard InChI is InChI=1S/C18H26N4O6S/c1-3-28-18(25)21-9-6-13(7-10-21)20-16(23)5-4-8-19-17(24)15-11-14(22(26)27)12(2)29-15/h11,13H,3-10H2,1-2H3,(H,19,24)(H,20,23). The minimum atomic E-state index is -0.510. The van der Waals surface area contributed by atoms with Gasteiger partial charge < -0.3 is 20.3 Å². The topological polar surface area (TPSA) is 131 Å². The molecule has 0 unspecified atom stereocenters. The second-order valence-corrected chi connectivity index (χ2v) is 7.95. The number of hydrogen-bond donors (Lipinski definition) is 2. The fourth-order valence-electron chi connectivity index (χ4n) is 3.02. The smallest absolute Gasteiger partial charge is 0.409 e. The lowest BCUT2D eigenvalue weighted by molar-refractivity contribution is -0.385. The molecular weight excluding hydrogens is 400 g/mol. The Morgan fingerprint density at radius 1 is 1.34 bits per heavy atom. The van der Waals surface area contributed by atoms with Gasteiger partial charge in [-0.2, -0.15) is 0 Å². The predicted octanol–water partition coefficient (Wildman–Crippen LogP) is 2.21. The molecule has 0 radical (unpaired) electrons. The van der Waals surface area contributed by atoms with Crippen molar-refractivity contribution < 1.29 is 24.0 Å². The third kappa shape index (κ3) is 6.70. The predicted molar refractivity (Wildman–Crippen MR) is 107 cm³/mol. The van der Waals surface area contributed by atoms with Gasteiger partial charge in [-0.3, -0.25) is 19.7 Å². The van der Waals surface area contributed by atoms with E-state index in [0.29, 0.717) is 50.4 Å². The van der Waals surface area contributed by atoms with Gasteiger partial charge >= 0.3 is 6.09 Å². The van der Waals surface area contributed by atoms with Gasteiger partial charge in [-0.1, -0.05) is 0 Å². The molecule has 1 aliphatic rings. The van der Waals surface area contributed by atoms with Gasteiger partial charge in [0.05, 0.1) is 21.3 Å². The number of nitrogens with zero attached hydrogens (tertiary/aromatic N) is 2. The van der Waals surface area contributed by atoms with E-state index in [2.05, 4.69) is 10.6 Å². The number of hydrogen-bond acceptors (Lipinski definition) is 7. The zero-order valence-corrected chi connectivity index (χ0v) is 17.4. The van der Waals surface area contributed by atoms with Gasteiger partial charge in [0.1, 0.15) is 0 Å². The number of carbonyl (C=O) groups is 3. The monoisotopic (exact) mass is 426 g/mol. The summed E-state index contributed by atoms with van der Waals surface area (Å²) in [7, 11) is 0. The largest absolute Gasteiger partial charge is 0.450 e. The van der Waals surface area contributed by atoms with Crippen molar-refractivity contribution in [2.45, 2.75) is 45.6 Å². The van der Waals surface area contributed by atoms with Gasteiger partial charge in [0, 0.05) is 38.2 Å².